The molecule has 3 aromatic rings. The van der Waals surface area contributed by atoms with Crippen LogP contribution in [0.4, 0.5) is 5.69 Å². The Bertz CT molecular complexity index is 1170. The highest BCUT2D eigenvalue weighted by molar-refractivity contribution is 6.11. The fraction of sp³-hybridized carbons (Fsp3) is 0.286. The number of carbonyl (C=O) groups excluding carboxylic acids is 2. The van der Waals surface area contributed by atoms with E-state index in [9.17, 15) is 14.7 Å². The highest BCUT2D eigenvalue weighted by Gasteiger charge is 2.50. The summed E-state index contributed by atoms with van der Waals surface area (Å²) >= 11 is 0. The van der Waals surface area contributed by atoms with E-state index in [1.165, 1.54) is 5.56 Å². The van der Waals surface area contributed by atoms with Gasteiger partial charge in [-0.1, -0.05) is 54.6 Å². The Hall–Kier alpha value is -3.24. The first kappa shape index (κ1) is 22.0. The van der Waals surface area contributed by atoms with Gasteiger partial charge in [-0.3, -0.25) is 9.59 Å². The van der Waals surface area contributed by atoms with Crippen LogP contribution in [0.2, 0.25) is 0 Å². The van der Waals surface area contributed by atoms with Crippen molar-refractivity contribution in [3.05, 3.63) is 100 Å². The molecule has 4 nitrogen and oxygen atoms in total. The number of aliphatic hydroxyl groups is 1. The zero-order valence-electron chi connectivity index (χ0n) is 18.9. The summed E-state index contributed by atoms with van der Waals surface area (Å²) < 4.78 is 0. The predicted molar refractivity (Wildman–Crippen MR) is 127 cm³/mol. The lowest BCUT2D eigenvalue weighted by Crippen LogP contribution is -2.42. The Morgan fingerprint density at radius 2 is 1.56 bits per heavy atom. The topological polar surface area (TPSA) is 57.6 Å². The molecule has 0 saturated heterocycles. The van der Waals surface area contributed by atoms with Crippen molar-refractivity contribution >= 4 is 17.4 Å². The Balaban J connectivity index is 1.57. The highest BCUT2D eigenvalue weighted by atomic mass is 16.3. The Labute approximate surface area is 189 Å². The van der Waals surface area contributed by atoms with Gasteiger partial charge in [0.2, 0.25) is 0 Å². The smallest absolute Gasteiger partial charge is 0.264 e. The van der Waals surface area contributed by atoms with Crippen molar-refractivity contribution in [3.8, 4) is 0 Å². The number of nitrogens with zero attached hydrogens (tertiary/aromatic N) is 1. The minimum atomic E-state index is -1.84. The number of anilines is 1. The molecule has 0 spiro atoms. The van der Waals surface area contributed by atoms with Gasteiger partial charge >= 0.3 is 0 Å². The van der Waals surface area contributed by atoms with E-state index in [4.69, 9.17) is 0 Å². The molecule has 1 N–H and O–H groups in total. The largest absolute Gasteiger partial charge is 0.375 e. The average molecular weight is 428 g/mol. The maximum absolute atomic E-state index is 13.4. The summed E-state index contributed by atoms with van der Waals surface area (Å²) in [6, 6.07) is 21.2. The van der Waals surface area contributed by atoms with Gasteiger partial charge in [0, 0.05) is 17.7 Å². The van der Waals surface area contributed by atoms with Crippen LogP contribution in [0.25, 0.3) is 0 Å². The first-order valence-corrected chi connectivity index (χ1v) is 11.1. The van der Waals surface area contributed by atoms with E-state index in [2.05, 4.69) is 12.1 Å². The van der Waals surface area contributed by atoms with Crippen molar-refractivity contribution < 1.29 is 14.7 Å². The maximum atomic E-state index is 13.4. The van der Waals surface area contributed by atoms with Crippen molar-refractivity contribution in [2.24, 2.45) is 0 Å². The number of amides is 1. The van der Waals surface area contributed by atoms with Crippen molar-refractivity contribution in [1.29, 1.82) is 0 Å². The molecule has 0 radical (unpaired) electrons. The van der Waals surface area contributed by atoms with Gasteiger partial charge < -0.3 is 10.0 Å². The molecule has 0 bridgehead atoms. The fourth-order valence-corrected chi connectivity index (χ4v) is 4.57. The number of rotatable bonds is 7. The van der Waals surface area contributed by atoms with Crippen LogP contribution < -0.4 is 4.90 Å². The molecule has 0 saturated carbocycles. The van der Waals surface area contributed by atoms with Gasteiger partial charge in [0.1, 0.15) is 0 Å². The molecule has 1 aliphatic heterocycles. The average Bonchev–Trinajstić information content (AvgIpc) is 2.99. The van der Waals surface area contributed by atoms with Gasteiger partial charge in [-0.05, 0) is 68.0 Å². The normalized spacial score (nSPS) is 17.5. The second-order valence-corrected chi connectivity index (χ2v) is 8.77. The van der Waals surface area contributed by atoms with E-state index in [1.807, 2.05) is 63.2 Å². The van der Waals surface area contributed by atoms with Crippen LogP contribution in [0.1, 0.15) is 51.0 Å². The maximum Gasteiger partial charge on any atom is 0.264 e. The van der Waals surface area contributed by atoms with Gasteiger partial charge in [0.15, 0.2) is 11.4 Å². The van der Waals surface area contributed by atoms with Crippen LogP contribution in [0.3, 0.4) is 0 Å². The predicted octanol–water partition coefficient (Wildman–Crippen LogP) is 5.05. The third-order valence-electron chi connectivity index (χ3n) is 6.49. The van der Waals surface area contributed by atoms with Crippen LogP contribution in [-0.4, -0.2) is 23.3 Å². The van der Waals surface area contributed by atoms with Gasteiger partial charge in [0.25, 0.3) is 5.91 Å². The number of carbonyl (C=O) groups is 2. The number of ketones is 1. The molecule has 0 aliphatic carbocycles. The molecule has 1 heterocycles. The van der Waals surface area contributed by atoms with Gasteiger partial charge in [-0.15, -0.1) is 0 Å². The summed E-state index contributed by atoms with van der Waals surface area (Å²) in [5.41, 5.74) is 4.14. The minimum Gasteiger partial charge on any atom is -0.375 e. The van der Waals surface area contributed by atoms with Gasteiger partial charge in [0.05, 0.1) is 12.1 Å². The number of Topliss-reactive ketones (excluding diaryl/α,β-unsaturated/α-hetero) is 1. The summed E-state index contributed by atoms with van der Waals surface area (Å²) in [5, 5.41) is 11.5. The quantitative estimate of drug-likeness (QED) is 0.537. The Morgan fingerprint density at radius 3 is 2.31 bits per heavy atom. The summed E-state index contributed by atoms with van der Waals surface area (Å²) in [4.78, 5) is 28.3. The van der Waals surface area contributed by atoms with E-state index in [0.29, 0.717) is 23.4 Å². The van der Waals surface area contributed by atoms with E-state index in [1.54, 1.807) is 17.0 Å². The summed E-state index contributed by atoms with van der Waals surface area (Å²) in [6.07, 6.45) is 1.34. The molecule has 4 heteroatoms. The lowest BCUT2D eigenvalue weighted by Gasteiger charge is -2.23. The molecular formula is C28H29NO3. The molecule has 0 aromatic heterocycles. The first-order valence-electron chi connectivity index (χ1n) is 11.1. The van der Waals surface area contributed by atoms with Gasteiger partial charge in [-0.2, -0.15) is 0 Å². The van der Waals surface area contributed by atoms with Gasteiger partial charge in [-0.25, -0.2) is 0 Å². The van der Waals surface area contributed by atoms with E-state index < -0.39 is 11.5 Å². The van der Waals surface area contributed by atoms with E-state index in [0.717, 1.165) is 29.5 Å². The molecule has 1 atom stereocenters. The van der Waals surface area contributed by atoms with Crippen LogP contribution in [0, 0.1) is 20.8 Å². The molecule has 1 amide bonds. The number of benzene rings is 3. The first-order chi connectivity index (χ1) is 15.3. The fourth-order valence-electron chi connectivity index (χ4n) is 4.57. The summed E-state index contributed by atoms with van der Waals surface area (Å²) in [5.74, 6) is -0.635. The molecule has 0 fully saturated rings. The van der Waals surface area contributed by atoms with E-state index >= 15 is 0 Å². The molecule has 164 valence electrons. The molecular weight excluding hydrogens is 398 g/mol. The highest BCUT2D eigenvalue weighted by Crippen LogP contribution is 2.43. The van der Waals surface area contributed by atoms with Crippen molar-refractivity contribution in [1.82, 2.24) is 0 Å². The van der Waals surface area contributed by atoms with Crippen molar-refractivity contribution in [2.45, 2.75) is 45.6 Å². The number of hydrogen-bond donors (Lipinski definition) is 1. The molecule has 1 aliphatic rings. The monoisotopic (exact) mass is 427 g/mol. The second-order valence-electron chi connectivity index (χ2n) is 8.77. The van der Waals surface area contributed by atoms with Crippen molar-refractivity contribution in [2.75, 3.05) is 11.4 Å². The van der Waals surface area contributed by atoms with Crippen LogP contribution >= 0.6 is 0 Å². The third-order valence-corrected chi connectivity index (χ3v) is 6.49. The minimum absolute atomic E-state index is 0.220. The number of fused-ring (bicyclic) bond motifs is 1. The van der Waals surface area contributed by atoms with Crippen LogP contribution in [-0.2, 0) is 16.8 Å². The number of aryl methyl sites for hydroxylation is 4. The van der Waals surface area contributed by atoms with Crippen molar-refractivity contribution in [3.63, 3.8) is 0 Å². The Morgan fingerprint density at radius 1 is 0.906 bits per heavy atom. The lowest BCUT2D eigenvalue weighted by molar-refractivity contribution is -0.135. The molecule has 4 rings (SSSR count). The van der Waals surface area contributed by atoms with E-state index in [-0.39, 0.29) is 12.2 Å². The number of para-hydroxylation sites is 1. The summed E-state index contributed by atoms with van der Waals surface area (Å²) in [7, 11) is 0. The zero-order valence-corrected chi connectivity index (χ0v) is 18.9. The molecule has 3 aromatic carbocycles. The second kappa shape index (κ2) is 8.71. The standard InChI is InChI=1S/C28H29NO3/c1-19-16-21(3)23(17-20(19)2)26(30)18-28(32)24-13-7-8-14-25(24)29(27(28)31)15-9-12-22-10-5-4-6-11-22/h4-8,10-11,13-14,16-17,32H,9,12,15,18H2,1-3H3. The molecule has 1 unspecified atom stereocenters. The SMILES string of the molecule is Cc1cc(C)c(C(=O)CC2(O)C(=O)N(CCCc3ccccc3)c3ccccc32)cc1C. The Kier molecular flexibility index (Phi) is 5.98. The van der Waals surface area contributed by atoms with Crippen LogP contribution in [0.15, 0.2) is 66.7 Å². The zero-order chi connectivity index (χ0) is 22.9. The number of hydrogen-bond acceptors (Lipinski definition) is 3. The molecule has 32 heavy (non-hydrogen) atoms. The van der Waals surface area contributed by atoms with Crippen LogP contribution in [0.5, 0.6) is 0 Å². The summed E-state index contributed by atoms with van der Waals surface area (Å²) in [6.45, 7) is 6.35. The lowest BCUT2D eigenvalue weighted by atomic mass is 9.86. The third kappa shape index (κ3) is 3.98.